The average Bonchev–Trinajstić information content (AvgIpc) is 2.27. The summed E-state index contributed by atoms with van der Waals surface area (Å²) in [5, 5.41) is 5.03. The lowest BCUT2D eigenvalue weighted by molar-refractivity contribution is 0.240. The molecule has 0 bridgehead atoms. The summed E-state index contributed by atoms with van der Waals surface area (Å²) in [6, 6.07) is -0.654. The maximum Gasteiger partial charge on any atom is 0.319 e. The molecule has 0 aromatic carbocycles. The quantitative estimate of drug-likeness (QED) is 0.685. The minimum Gasteiger partial charge on any atom is -0.334 e. The minimum absolute atomic E-state index is 0.0383. The summed E-state index contributed by atoms with van der Waals surface area (Å²) in [7, 11) is -2.93. The number of nitrogens with one attached hydrogen (secondary N) is 2. The van der Waals surface area contributed by atoms with Gasteiger partial charge in [-0.15, -0.1) is 0 Å². The Morgan fingerprint density at radius 2 is 2.14 bits per heavy atom. The third-order valence-electron chi connectivity index (χ3n) is 1.89. The van der Waals surface area contributed by atoms with Crippen LogP contribution in [0.25, 0.3) is 0 Å². The molecule has 1 unspecified atom stereocenters. The van der Waals surface area contributed by atoms with Crippen LogP contribution in [-0.2, 0) is 9.84 Å². The summed E-state index contributed by atoms with van der Waals surface area (Å²) < 4.78 is 22.1. The van der Waals surface area contributed by atoms with Crippen LogP contribution in [0.4, 0.5) is 4.79 Å². The Kier molecular flexibility index (Phi) is 3.15. The van der Waals surface area contributed by atoms with E-state index < -0.39 is 9.84 Å². The van der Waals surface area contributed by atoms with Gasteiger partial charge in [0.2, 0.25) is 0 Å². The van der Waals surface area contributed by atoms with Crippen molar-refractivity contribution in [3.8, 4) is 0 Å². The second-order valence-corrected chi connectivity index (χ2v) is 5.71. The molecule has 1 fully saturated rings. The van der Waals surface area contributed by atoms with Gasteiger partial charge in [-0.05, 0) is 13.3 Å². The fourth-order valence-electron chi connectivity index (χ4n) is 1.32. The Bertz CT molecular complexity index is 348. The summed E-state index contributed by atoms with van der Waals surface area (Å²) in [5.74, 6) is 0.196. The standard InChI is InChI=1S/C8H14N2O3S/c1-6(2)9-8(11)10-7-3-4-14(12,13)5-7/h7H,1,3-5H2,2H3,(H2,9,10,11). The molecule has 1 aliphatic rings. The fourth-order valence-corrected chi connectivity index (χ4v) is 3.00. The van der Waals surface area contributed by atoms with Crippen molar-refractivity contribution >= 4 is 15.9 Å². The number of hydrogen-bond acceptors (Lipinski definition) is 3. The summed E-state index contributed by atoms with van der Waals surface area (Å²) in [4.78, 5) is 11.1. The van der Waals surface area contributed by atoms with Gasteiger partial charge < -0.3 is 10.6 Å². The highest BCUT2D eigenvalue weighted by atomic mass is 32.2. The van der Waals surface area contributed by atoms with Crippen LogP contribution in [0.1, 0.15) is 13.3 Å². The summed E-state index contributed by atoms with van der Waals surface area (Å²) in [5.41, 5.74) is 0.531. The predicted octanol–water partition coefficient (Wildman–Crippen LogP) is 0.00630. The summed E-state index contributed by atoms with van der Waals surface area (Å²) in [6.45, 7) is 5.17. The van der Waals surface area contributed by atoms with Crippen molar-refractivity contribution in [2.75, 3.05) is 11.5 Å². The van der Waals surface area contributed by atoms with E-state index >= 15 is 0 Å². The van der Waals surface area contributed by atoms with Gasteiger partial charge >= 0.3 is 6.03 Å². The maximum atomic E-state index is 11.1. The molecule has 2 amide bonds. The van der Waals surface area contributed by atoms with E-state index in [2.05, 4.69) is 17.2 Å². The van der Waals surface area contributed by atoms with Gasteiger partial charge in [0, 0.05) is 11.7 Å². The van der Waals surface area contributed by atoms with Gasteiger partial charge in [0.05, 0.1) is 11.5 Å². The van der Waals surface area contributed by atoms with Crippen molar-refractivity contribution in [2.45, 2.75) is 19.4 Å². The van der Waals surface area contributed by atoms with Crippen LogP contribution in [0.2, 0.25) is 0 Å². The zero-order valence-corrected chi connectivity index (χ0v) is 8.86. The van der Waals surface area contributed by atoms with Gasteiger partial charge in [0.25, 0.3) is 0 Å². The molecule has 80 valence electrons. The second kappa shape index (κ2) is 4.00. The molecule has 6 heteroatoms. The number of carbonyl (C=O) groups excluding carboxylic acids is 1. The van der Waals surface area contributed by atoms with Gasteiger partial charge in [-0.1, -0.05) is 6.58 Å². The van der Waals surface area contributed by atoms with Crippen LogP contribution < -0.4 is 10.6 Å². The molecule has 1 rings (SSSR count). The SMILES string of the molecule is C=C(C)NC(=O)NC1CCS(=O)(=O)C1. The van der Waals surface area contributed by atoms with Crippen molar-refractivity contribution in [2.24, 2.45) is 0 Å². The van der Waals surface area contributed by atoms with Gasteiger partial charge in [-0.3, -0.25) is 0 Å². The molecule has 1 aliphatic heterocycles. The Morgan fingerprint density at radius 1 is 1.50 bits per heavy atom. The summed E-state index contributed by atoms with van der Waals surface area (Å²) in [6.07, 6.45) is 0.492. The number of allylic oxidation sites excluding steroid dienone is 1. The van der Waals surface area contributed by atoms with E-state index in [9.17, 15) is 13.2 Å². The zero-order chi connectivity index (χ0) is 10.8. The monoisotopic (exact) mass is 218 g/mol. The molecule has 1 saturated heterocycles. The molecule has 0 spiro atoms. The first kappa shape index (κ1) is 11.0. The number of sulfone groups is 1. The van der Waals surface area contributed by atoms with Gasteiger partial charge in [-0.25, -0.2) is 13.2 Å². The molecular weight excluding hydrogens is 204 g/mol. The van der Waals surface area contributed by atoms with E-state index in [-0.39, 0.29) is 23.6 Å². The molecule has 1 atom stereocenters. The number of amides is 2. The highest BCUT2D eigenvalue weighted by Gasteiger charge is 2.28. The lowest BCUT2D eigenvalue weighted by Gasteiger charge is -2.11. The Morgan fingerprint density at radius 3 is 2.57 bits per heavy atom. The fraction of sp³-hybridized carbons (Fsp3) is 0.625. The van der Waals surface area contributed by atoms with Crippen molar-refractivity contribution in [1.82, 2.24) is 10.6 Å². The van der Waals surface area contributed by atoms with Gasteiger partial charge in [0.15, 0.2) is 9.84 Å². The highest BCUT2D eigenvalue weighted by molar-refractivity contribution is 7.91. The molecule has 0 aromatic heterocycles. The predicted molar refractivity (Wildman–Crippen MR) is 53.5 cm³/mol. The Balaban J connectivity index is 2.40. The lowest BCUT2D eigenvalue weighted by atomic mass is 10.3. The Labute approximate surface area is 83.5 Å². The van der Waals surface area contributed by atoms with Crippen molar-refractivity contribution in [3.63, 3.8) is 0 Å². The van der Waals surface area contributed by atoms with Crippen LogP contribution >= 0.6 is 0 Å². The zero-order valence-electron chi connectivity index (χ0n) is 8.04. The molecule has 0 aromatic rings. The molecule has 1 heterocycles. The number of rotatable bonds is 2. The smallest absolute Gasteiger partial charge is 0.319 e. The first-order valence-corrected chi connectivity index (χ1v) is 6.14. The van der Waals surface area contributed by atoms with E-state index in [4.69, 9.17) is 0 Å². The highest BCUT2D eigenvalue weighted by Crippen LogP contribution is 2.10. The number of hydrogen-bond donors (Lipinski definition) is 2. The molecule has 0 radical (unpaired) electrons. The topological polar surface area (TPSA) is 75.3 Å². The lowest BCUT2D eigenvalue weighted by Crippen LogP contribution is -2.41. The first-order valence-electron chi connectivity index (χ1n) is 4.32. The largest absolute Gasteiger partial charge is 0.334 e. The van der Waals surface area contributed by atoms with E-state index in [1.165, 1.54) is 0 Å². The average molecular weight is 218 g/mol. The van der Waals surface area contributed by atoms with Crippen molar-refractivity contribution in [1.29, 1.82) is 0 Å². The second-order valence-electron chi connectivity index (χ2n) is 3.48. The van der Waals surface area contributed by atoms with Crippen molar-refractivity contribution in [3.05, 3.63) is 12.3 Å². The van der Waals surface area contributed by atoms with Gasteiger partial charge in [0.1, 0.15) is 0 Å². The minimum atomic E-state index is -2.93. The number of carbonyl (C=O) groups is 1. The summed E-state index contributed by atoms with van der Waals surface area (Å²) >= 11 is 0. The van der Waals surface area contributed by atoms with E-state index in [0.29, 0.717) is 12.1 Å². The van der Waals surface area contributed by atoms with Crippen LogP contribution in [0.5, 0.6) is 0 Å². The Hall–Kier alpha value is -1.04. The maximum absolute atomic E-state index is 11.1. The molecule has 5 nitrogen and oxygen atoms in total. The van der Waals surface area contributed by atoms with Crippen molar-refractivity contribution < 1.29 is 13.2 Å². The van der Waals surface area contributed by atoms with Crippen LogP contribution in [0.3, 0.4) is 0 Å². The van der Waals surface area contributed by atoms with E-state index in [1.54, 1.807) is 6.92 Å². The number of urea groups is 1. The van der Waals surface area contributed by atoms with Gasteiger partial charge in [-0.2, -0.15) is 0 Å². The molecule has 14 heavy (non-hydrogen) atoms. The van der Waals surface area contributed by atoms with E-state index in [0.717, 1.165) is 0 Å². The third-order valence-corrected chi connectivity index (χ3v) is 3.66. The molecular formula is C8H14N2O3S. The molecule has 2 N–H and O–H groups in total. The van der Waals surface area contributed by atoms with Crippen LogP contribution in [0, 0.1) is 0 Å². The third kappa shape index (κ3) is 3.37. The van der Waals surface area contributed by atoms with Crippen LogP contribution in [0.15, 0.2) is 12.3 Å². The molecule has 0 aliphatic carbocycles. The normalized spacial score (nSPS) is 24.2. The first-order chi connectivity index (χ1) is 6.39. The van der Waals surface area contributed by atoms with E-state index in [1.807, 2.05) is 0 Å². The van der Waals surface area contributed by atoms with Crippen LogP contribution in [-0.4, -0.2) is 32.0 Å². The molecule has 0 saturated carbocycles.